The summed E-state index contributed by atoms with van der Waals surface area (Å²) < 4.78 is 11.2. The molecule has 1 aliphatic rings. The summed E-state index contributed by atoms with van der Waals surface area (Å²) in [5, 5.41) is 0. The van der Waals surface area contributed by atoms with E-state index in [1.807, 2.05) is 0 Å². The van der Waals surface area contributed by atoms with Gasteiger partial charge in [0.25, 0.3) is 0 Å². The molecule has 0 aromatic carbocycles. The van der Waals surface area contributed by atoms with Crippen LogP contribution in [0.1, 0.15) is 33.6 Å². The Balaban J connectivity index is 2.47. The molecule has 0 spiro atoms. The highest BCUT2D eigenvalue weighted by atomic mass is 28.4. The van der Waals surface area contributed by atoms with Crippen LogP contribution in [0.4, 0.5) is 0 Å². The Labute approximate surface area is 147 Å². The van der Waals surface area contributed by atoms with Crippen molar-refractivity contribution in [2.45, 2.75) is 70.5 Å². The molecule has 0 saturated carbocycles. The number of hydrogen-bond acceptors (Lipinski definition) is 4. The van der Waals surface area contributed by atoms with E-state index in [9.17, 15) is 0 Å². The first-order valence-electron chi connectivity index (χ1n) is 9.22. The Morgan fingerprint density at radius 1 is 1.09 bits per heavy atom. The van der Waals surface area contributed by atoms with E-state index in [4.69, 9.17) is 8.85 Å². The van der Waals surface area contributed by atoms with Gasteiger partial charge in [-0.3, -0.25) is 4.90 Å². The quantitative estimate of drug-likeness (QED) is 0.491. The van der Waals surface area contributed by atoms with Crippen LogP contribution in [0.25, 0.3) is 0 Å². The van der Waals surface area contributed by atoms with Crippen LogP contribution in [0.3, 0.4) is 0 Å². The number of piperazine rings is 1. The fraction of sp³-hybridized carbons (Fsp3) is 1.00. The molecule has 23 heavy (non-hydrogen) atoms. The molecule has 0 radical (unpaired) electrons. The Kier molecular flexibility index (Phi) is 8.44. The lowest BCUT2D eigenvalue weighted by Gasteiger charge is -2.48. The van der Waals surface area contributed by atoms with E-state index >= 15 is 0 Å². The van der Waals surface area contributed by atoms with E-state index in [2.05, 4.69) is 50.2 Å². The van der Waals surface area contributed by atoms with Crippen molar-refractivity contribution in [2.24, 2.45) is 0 Å². The van der Waals surface area contributed by atoms with Gasteiger partial charge in [-0.1, -0.05) is 19.5 Å². The summed E-state index contributed by atoms with van der Waals surface area (Å²) >= 11 is 0. The number of unbranched alkanes of at least 4 members (excludes halogenated alkanes) is 1. The van der Waals surface area contributed by atoms with Crippen LogP contribution in [-0.4, -0.2) is 78.8 Å². The largest absolute Gasteiger partial charge is 0.398 e. The van der Waals surface area contributed by atoms with Gasteiger partial charge in [-0.05, 0) is 46.3 Å². The molecular weight excluding hydrogens is 320 g/mol. The first-order chi connectivity index (χ1) is 10.6. The first kappa shape index (κ1) is 21.3. The highest BCUT2D eigenvalue weighted by Gasteiger charge is 2.34. The zero-order valence-electron chi connectivity index (χ0n) is 16.8. The molecule has 1 atom stereocenters. The van der Waals surface area contributed by atoms with Gasteiger partial charge in [-0.25, -0.2) is 0 Å². The van der Waals surface area contributed by atoms with E-state index in [1.54, 1.807) is 14.2 Å². The Morgan fingerprint density at radius 3 is 2.17 bits per heavy atom. The monoisotopic (exact) mass is 360 g/mol. The van der Waals surface area contributed by atoms with Crippen molar-refractivity contribution in [1.29, 1.82) is 0 Å². The molecule has 1 saturated heterocycles. The second-order valence-electron chi connectivity index (χ2n) is 8.46. The second-order valence-corrected chi connectivity index (χ2v) is 15.3. The molecule has 1 unspecified atom stereocenters. The van der Waals surface area contributed by atoms with Crippen molar-refractivity contribution in [3.63, 3.8) is 0 Å². The topological polar surface area (TPSA) is 24.9 Å². The van der Waals surface area contributed by atoms with Gasteiger partial charge in [0.15, 0.2) is 0 Å². The third-order valence-corrected chi connectivity index (χ3v) is 10.6. The fourth-order valence-electron chi connectivity index (χ4n) is 3.42. The van der Waals surface area contributed by atoms with Crippen molar-refractivity contribution in [3.05, 3.63) is 0 Å². The molecular formula is C17H40N2O2Si2. The molecule has 0 N–H and O–H groups in total. The van der Waals surface area contributed by atoms with Crippen molar-refractivity contribution >= 4 is 17.4 Å². The summed E-state index contributed by atoms with van der Waals surface area (Å²) in [6, 6.07) is 1.10. The Bertz CT molecular complexity index is 344. The smallest absolute Gasteiger partial charge is 0.334 e. The van der Waals surface area contributed by atoms with Gasteiger partial charge < -0.3 is 13.8 Å². The van der Waals surface area contributed by atoms with Crippen molar-refractivity contribution in [3.8, 4) is 0 Å². The predicted octanol–water partition coefficient (Wildman–Crippen LogP) is 2.94. The van der Waals surface area contributed by atoms with Gasteiger partial charge >= 0.3 is 8.56 Å². The van der Waals surface area contributed by atoms with Crippen LogP contribution in [0.15, 0.2) is 0 Å². The molecule has 1 rings (SSSR count). The number of rotatable bonds is 8. The molecule has 6 heteroatoms. The van der Waals surface area contributed by atoms with E-state index < -0.39 is 17.4 Å². The molecule has 0 aromatic rings. The normalized spacial score (nSPS) is 22.0. The maximum atomic E-state index is 5.59. The SMILES string of the molecule is CO[Si](C)(CCCCN1CCN(C(C)(C)C)CC1[SiH](C)C)OC. The van der Waals surface area contributed by atoms with Gasteiger partial charge in [0.2, 0.25) is 0 Å². The zero-order chi connectivity index (χ0) is 17.7. The van der Waals surface area contributed by atoms with Crippen molar-refractivity contribution < 1.29 is 8.85 Å². The summed E-state index contributed by atoms with van der Waals surface area (Å²) in [4.78, 5) is 5.46. The molecule has 0 aliphatic carbocycles. The lowest BCUT2D eigenvalue weighted by atomic mass is 10.0. The van der Waals surface area contributed by atoms with Crippen LogP contribution < -0.4 is 0 Å². The van der Waals surface area contributed by atoms with Crippen LogP contribution in [0.5, 0.6) is 0 Å². The molecule has 1 fully saturated rings. The summed E-state index contributed by atoms with van der Waals surface area (Å²) in [6.07, 6.45) is 2.48. The van der Waals surface area contributed by atoms with Crippen molar-refractivity contribution in [2.75, 3.05) is 40.4 Å². The van der Waals surface area contributed by atoms with Gasteiger partial charge in [-0.15, -0.1) is 0 Å². The van der Waals surface area contributed by atoms with Gasteiger partial charge in [-0.2, -0.15) is 0 Å². The minimum Gasteiger partial charge on any atom is -0.398 e. The lowest BCUT2D eigenvalue weighted by molar-refractivity contribution is 0.0459. The summed E-state index contributed by atoms with van der Waals surface area (Å²) in [5.41, 5.74) is 1.12. The zero-order valence-corrected chi connectivity index (χ0v) is 19.0. The molecule has 138 valence electrons. The van der Waals surface area contributed by atoms with Crippen molar-refractivity contribution in [1.82, 2.24) is 9.80 Å². The summed E-state index contributed by atoms with van der Waals surface area (Å²) in [6.45, 7) is 19.2. The molecule has 4 nitrogen and oxygen atoms in total. The highest BCUT2D eigenvalue weighted by Crippen LogP contribution is 2.22. The maximum absolute atomic E-state index is 5.59. The average molecular weight is 361 g/mol. The first-order valence-corrected chi connectivity index (χ1v) is 14.7. The second kappa shape index (κ2) is 9.10. The Hall–Kier alpha value is 0.274. The van der Waals surface area contributed by atoms with Crippen LogP contribution in [0, 0.1) is 0 Å². The average Bonchev–Trinajstić information content (AvgIpc) is 2.50. The van der Waals surface area contributed by atoms with Crippen LogP contribution in [-0.2, 0) is 8.85 Å². The third kappa shape index (κ3) is 6.59. The van der Waals surface area contributed by atoms with Crippen LogP contribution >= 0.6 is 0 Å². The fourth-order valence-corrected chi connectivity index (χ4v) is 6.70. The molecule has 0 amide bonds. The minimum absolute atomic E-state index is 0.304. The third-order valence-electron chi connectivity index (χ3n) is 5.44. The van der Waals surface area contributed by atoms with E-state index in [-0.39, 0.29) is 0 Å². The number of hydrogen-bond donors (Lipinski definition) is 0. The summed E-state index contributed by atoms with van der Waals surface area (Å²) in [7, 11) is 1.04. The van der Waals surface area contributed by atoms with Gasteiger partial charge in [0, 0.05) is 45.1 Å². The standard InChI is InChI=1S/C17H40N2O2Si2/c1-17(2,3)19-13-12-18(16(15-19)22(6)7)11-9-10-14-23(8,20-4)21-5/h16,22H,9-15H2,1-8H3. The molecule has 0 bridgehead atoms. The minimum atomic E-state index is -1.88. The lowest BCUT2D eigenvalue weighted by Crippen LogP contribution is -2.61. The van der Waals surface area contributed by atoms with Crippen LogP contribution in [0.2, 0.25) is 25.7 Å². The van der Waals surface area contributed by atoms with Gasteiger partial charge in [0.1, 0.15) is 0 Å². The van der Waals surface area contributed by atoms with E-state index in [1.165, 1.54) is 39.0 Å². The summed E-state index contributed by atoms with van der Waals surface area (Å²) in [5.74, 6) is 0. The van der Waals surface area contributed by atoms with Gasteiger partial charge in [0.05, 0.1) is 8.80 Å². The maximum Gasteiger partial charge on any atom is 0.334 e. The number of nitrogens with zero attached hydrogens (tertiary/aromatic N) is 2. The predicted molar refractivity (Wildman–Crippen MR) is 105 cm³/mol. The van der Waals surface area contributed by atoms with E-state index in [0.29, 0.717) is 5.54 Å². The molecule has 0 aromatic heterocycles. The molecule has 1 aliphatic heterocycles. The van der Waals surface area contributed by atoms with E-state index in [0.717, 1.165) is 11.7 Å². The Morgan fingerprint density at radius 2 is 1.70 bits per heavy atom. The highest BCUT2D eigenvalue weighted by molar-refractivity contribution is 6.65. The molecule has 1 heterocycles.